The van der Waals surface area contributed by atoms with Gasteiger partial charge < -0.3 is 34.6 Å². The molecule has 2 aromatic carbocycles. The minimum absolute atomic E-state index is 0.00191. The molecule has 1 aliphatic carbocycles. The first-order valence-corrected chi connectivity index (χ1v) is 16.7. The molecule has 0 radical (unpaired) electrons. The van der Waals surface area contributed by atoms with Crippen molar-refractivity contribution in [1.82, 2.24) is 30.1 Å². The Morgan fingerprint density at radius 3 is 2.79 bits per heavy atom. The third kappa shape index (κ3) is 4.93. The highest BCUT2D eigenvalue weighted by Crippen LogP contribution is 2.48. The van der Waals surface area contributed by atoms with E-state index < -0.39 is 5.82 Å². The molecule has 4 aromatic rings. The van der Waals surface area contributed by atoms with Crippen LogP contribution in [0.25, 0.3) is 32.9 Å². The number of phenols is 1. The highest BCUT2D eigenvalue weighted by molar-refractivity contribution is 6.04. The van der Waals surface area contributed by atoms with Crippen LogP contribution in [0, 0.1) is 23.6 Å². The second-order valence-corrected chi connectivity index (χ2v) is 14.1. The fourth-order valence-electron chi connectivity index (χ4n) is 8.10. The molecule has 2 bridgehead atoms. The van der Waals surface area contributed by atoms with E-state index in [9.17, 15) is 5.11 Å². The van der Waals surface area contributed by atoms with Crippen molar-refractivity contribution < 1.29 is 19.0 Å². The van der Waals surface area contributed by atoms with Gasteiger partial charge >= 0.3 is 6.01 Å². The van der Waals surface area contributed by atoms with Crippen molar-refractivity contribution in [3.8, 4) is 41.2 Å². The molecule has 47 heavy (non-hydrogen) atoms. The van der Waals surface area contributed by atoms with Crippen LogP contribution in [0.3, 0.4) is 0 Å². The quantitative estimate of drug-likeness (QED) is 0.305. The smallest absolute Gasteiger partial charge is 0.319 e. The van der Waals surface area contributed by atoms with Crippen LogP contribution >= 0.6 is 0 Å². The number of terminal acetylenes is 1. The molecule has 5 aliphatic rings. The molecule has 4 aliphatic heterocycles. The van der Waals surface area contributed by atoms with Gasteiger partial charge in [-0.3, -0.25) is 0 Å². The van der Waals surface area contributed by atoms with E-state index in [1.807, 2.05) is 12.1 Å². The Hall–Kier alpha value is -4.24. The van der Waals surface area contributed by atoms with Crippen molar-refractivity contribution in [2.75, 3.05) is 64.4 Å². The van der Waals surface area contributed by atoms with E-state index in [-0.39, 0.29) is 46.3 Å². The Kier molecular flexibility index (Phi) is 6.72. The van der Waals surface area contributed by atoms with Crippen LogP contribution < -0.4 is 19.7 Å². The van der Waals surface area contributed by atoms with Gasteiger partial charge in [0.1, 0.15) is 34.8 Å². The van der Waals surface area contributed by atoms with Crippen molar-refractivity contribution in [3.63, 3.8) is 0 Å². The highest BCUT2D eigenvalue weighted by Gasteiger charge is 2.46. The lowest BCUT2D eigenvalue weighted by molar-refractivity contribution is 0.107. The van der Waals surface area contributed by atoms with E-state index in [1.54, 1.807) is 12.1 Å². The molecule has 10 nitrogen and oxygen atoms in total. The first kappa shape index (κ1) is 28.9. The Morgan fingerprint density at radius 1 is 1.13 bits per heavy atom. The lowest BCUT2D eigenvalue weighted by Crippen LogP contribution is -2.60. The van der Waals surface area contributed by atoms with Crippen LogP contribution in [-0.4, -0.2) is 108 Å². The molecule has 2 aromatic heterocycles. The van der Waals surface area contributed by atoms with Crippen LogP contribution in [0.15, 0.2) is 30.3 Å². The van der Waals surface area contributed by atoms with E-state index in [1.165, 1.54) is 6.07 Å². The van der Waals surface area contributed by atoms with Crippen molar-refractivity contribution in [2.45, 2.75) is 43.8 Å². The number of anilines is 1. The molecule has 1 saturated carbocycles. The molecular weight excluding hydrogens is 597 g/mol. The number of nitrogens with one attached hydrogen (secondary N) is 1. The van der Waals surface area contributed by atoms with Crippen LogP contribution in [0.1, 0.15) is 31.2 Å². The molecule has 3 saturated heterocycles. The molecule has 3 atom stereocenters. The second-order valence-electron chi connectivity index (χ2n) is 14.1. The average Bonchev–Trinajstić information content (AvgIpc) is 3.77. The van der Waals surface area contributed by atoms with E-state index in [2.05, 4.69) is 33.0 Å². The molecule has 4 fully saturated rings. The topological polar surface area (TPSA) is 99.1 Å². The summed E-state index contributed by atoms with van der Waals surface area (Å²) in [6.07, 6.45) is 10.2. The number of fused-ring (bicyclic) bond motifs is 6. The highest BCUT2D eigenvalue weighted by atomic mass is 19.1. The zero-order valence-electron chi connectivity index (χ0n) is 26.5. The Morgan fingerprint density at radius 2 is 1.98 bits per heavy atom. The third-order valence-electron chi connectivity index (χ3n) is 10.9. The summed E-state index contributed by atoms with van der Waals surface area (Å²) in [5, 5.41) is 16.2. The summed E-state index contributed by atoms with van der Waals surface area (Å²) in [4.78, 5) is 21.7. The number of rotatable bonds is 6. The van der Waals surface area contributed by atoms with Gasteiger partial charge in [-0.15, -0.1) is 6.42 Å². The molecule has 242 valence electrons. The number of nitrogens with zero attached hydrogens (tertiary/aromatic N) is 6. The lowest BCUT2D eigenvalue weighted by atomic mass is 9.96. The zero-order chi connectivity index (χ0) is 31.9. The number of phenolic OH excluding ortho intramolecular Hbond substituents is 1. The van der Waals surface area contributed by atoms with Crippen molar-refractivity contribution in [1.29, 1.82) is 0 Å². The van der Waals surface area contributed by atoms with Gasteiger partial charge in [0.2, 0.25) is 5.88 Å². The number of hydrogen-bond donors (Lipinski definition) is 2. The summed E-state index contributed by atoms with van der Waals surface area (Å²) >= 11 is 0. The molecule has 11 heteroatoms. The van der Waals surface area contributed by atoms with Crippen LogP contribution in [0.2, 0.25) is 0 Å². The number of benzene rings is 2. The molecule has 6 heterocycles. The predicted molar refractivity (Wildman–Crippen MR) is 178 cm³/mol. The van der Waals surface area contributed by atoms with Crippen LogP contribution in [-0.2, 0) is 0 Å². The number of halogens is 1. The zero-order valence-corrected chi connectivity index (χ0v) is 26.5. The normalized spacial score (nSPS) is 24.9. The van der Waals surface area contributed by atoms with Crippen LogP contribution in [0.5, 0.6) is 17.6 Å². The first-order chi connectivity index (χ1) is 22.9. The Bertz CT molecular complexity index is 1950. The van der Waals surface area contributed by atoms with Crippen LogP contribution in [0.4, 0.5) is 10.2 Å². The number of pyridine rings is 1. The van der Waals surface area contributed by atoms with E-state index in [0.717, 1.165) is 65.0 Å². The fraction of sp³-hybridized carbons (Fsp3) is 0.472. The number of ether oxygens (including phenoxy) is 2. The van der Waals surface area contributed by atoms with Gasteiger partial charge in [-0.25, -0.2) is 9.37 Å². The second kappa shape index (κ2) is 10.9. The van der Waals surface area contributed by atoms with Crippen molar-refractivity contribution in [3.05, 3.63) is 41.7 Å². The molecule has 0 unspecified atom stereocenters. The third-order valence-corrected chi connectivity index (χ3v) is 10.9. The number of aromatic nitrogens is 3. The SMILES string of the molecule is C#Cc1cccc2cc(O)cc(-c3nc4c5c(nc(OCC6(CN7CCN(C)CC7)CC6)nc5c3F)N3C[C@H]5CC[C@H](N5)[C@H]3CO4)c12. The monoisotopic (exact) mass is 635 g/mol. The van der Waals surface area contributed by atoms with Gasteiger partial charge in [0.15, 0.2) is 5.82 Å². The summed E-state index contributed by atoms with van der Waals surface area (Å²) < 4.78 is 29.9. The van der Waals surface area contributed by atoms with E-state index in [0.29, 0.717) is 52.4 Å². The standard InChI is InChI=1S/C36H38FN7O3/c1-3-21-5-4-6-22-15-24(45)16-25(28(21)22)31-30(37)32-29-33(44-17-23-7-8-26(38-23)27(44)18-46-34(29)39-31)41-35(40-32)47-20-36(9-10-36)19-43-13-11-42(2)12-14-43/h1,4-6,15-16,23,26-27,38,45H,7-14,17-20H2,2H3/t23-,26+,27-/m1/s1. The summed E-state index contributed by atoms with van der Waals surface area (Å²) in [6.45, 7) is 6.80. The maximum atomic E-state index is 17.1. The molecular formula is C36H38FN7O3. The Labute approximate surface area is 272 Å². The molecule has 0 amide bonds. The van der Waals surface area contributed by atoms with Crippen molar-refractivity contribution in [2.24, 2.45) is 5.41 Å². The summed E-state index contributed by atoms with van der Waals surface area (Å²) in [6, 6.07) is 9.30. The number of piperazine rings is 2. The first-order valence-electron chi connectivity index (χ1n) is 16.7. The average molecular weight is 636 g/mol. The van der Waals surface area contributed by atoms with Gasteiger partial charge in [0.05, 0.1) is 12.6 Å². The maximum Gasteiger partial charge on any atom is 0.319 e. The number of aromatic hydroxyl groups is 1. The minimum atomic E-state index is -0.630. The largest absolute Gasteiger partial charge is 0.508 e. The van der Waals surface area contributed by atoms with Gasteiger partial charge in [-0.2, -0.15) is 9.97 Å². The maximum absolute atomic E-state index is 17.1. The summed E-state index contributed by atoms with van der Waals surface area (Å²) in [7, 11) is 2.17. The van der Waals surface area contributed by atoms with Gasteiger partial charge in [0, 0.05) is 73.3 Å². The molecule has 9 rings (SSSR count). The van der Waals surface area contributed by atoms with E-state index in [4.69, 9.17) is 30.8 Å². The predicted octanol–water partition coefficient (Wildman–Crippen LogP) is 3.78. The molecule has 2 N–H and O–H groups in total. The van der Waals surface area contributed by atoms with E-state index >= 15 is 4.39 Å². The fourth-order valence-corrected chi connectivity index (χ4v) is 8.10. The number of hydrogen-bond acceptors (Lipinski definition) is 10. The van der Waals surface area contributed by atoms with Gasteiger partial charge in [-0.05, 0) is 56.3 Å². The van der Waals surface area contributed by atoms with Gasteiger partial charge in [-0.1, -0.05) is 18.1 Å². The Balaban J connectivity index is 1.17. The number of likely N-dealkylation sites (N-methyl/N-ethyl adjacent to an activating group) is 1. The lowest BCUT2D eigenvalue weighted by Gasteiger charge is -2.40. The van der Waals surface area contributed by atoms with Crippen molar-refractivity contribution >= 4 is 27.5 Å². The molecule has 0 spiro atoms. The minimum Gasteiger partial charge on any atom is -0.508 e. The summed E-state index contributed by atoms with van der Waals surface area (Å²) in [5.41, 5.74) is 1.12. The summed E-state index contributed by atoms with van der Waals surface area (Å²) in [5.74, 6) is 2.94. The van der Waals surface area contributed by atoms with Gasteiger partial charge in [0.25, 0.3) is 0 Å².